The molecule has 0 saturated carbocycles. The Morgan fingerprint density at radius 1 is 1.13 bits per heavy atom. The lowest BCUT2D eigenvalue weighted by Gasteiger charge is -2.34. The van der Waals surface area contributed by atoms with Crippen LogP contribution in [-0.4, -0.2) is 29.3 Å². The minimum atomic E-state index is -4.22. The van der Waals surface area contributed by atoms with Gasteiger partial charge in [0.15, 0.2) is 5.60 Å². The number of aryl methyl sites for hydroxylation is 1. The van der Waals surface area contributed by atoms with Crippen LogP contribution in [0.3, 0.4) is 0 Å². The van der Waals surface area contributed by atoms with E-state index in [1.54, 1.807) is 42.5 Å². The van der Waals surface area contributed by atoms with Crippen molar-refractivity contribution in [1.29, 1.82) is 0 Å². The van der Waals surface area contributed by atoms with Crippen LogP contribution in [0.1, 0.15) is 44.2 Å². The highest BCUT2D eigenvalue weighted by Gasteiger charge is 2.62. The van der Waals surface area contributed by atoms with Gasteiger partial charge in [0, 0.05) is 6.42 Å². The Labute approximate surface area is 184 Å². The smallest absolute Gasteiger partial charge is 0.273 e. The summed E-state index contributed by atoms with van der Waals surface area (Å²) in [6.07, 6.45) is 4.27. The van der Waals surface area contributed by atoms with E-state index in [9.17, 15) is 18.3 Å². The van der Waals surface area contributed by atoms with E-state index >= 15 is 0 Å². The first-order valence-electron chi connectivity index (χ1n) is 10.3. The fourth-order valence-electron chi connectivity index (χ4n) is 4.12. The quantitative estimate of drug-likeness (QED) is 0.646. The summed E-state index contributed by atoms with van der Waals surface area (Å²) in [6, 6.07) is 14.9. The van der Waals surface area contributed by atoms with Gasteiger partial charge >= 0.3 is 0 Å². The summed E-state index contributed by atoms with van der Waals surface area (Å²) in [5.74, 6) is -0.851. The number of carbonyl (C=O) groups is 1. The molecule has 1 saturated heterocycles. The Kier molecular flexibility index (Phi) is 6.25. The fraction of sp³-hybridized carbons (Fsp3) is 0.320. The third-order valence-electron chi connectivity index (χ3n) is 5.83. The number of rotatable bonds is 7. The van der Waals surface area contributed by atoms with Gasteiger partial charge in [-0.15, -0.1) is 6.58 Å². The normalized spacial score (nSPS) is 23.6. The molecule has 2 atom stereocenters. The molecule has 0 radical (unpaired) electrons. The van der Waals surface area contributed by atoms with E-state index in [2.05, 4.69) is 6.58 Å². The molecule has 3 rings (SSSR count). The van der Waals surface area contributed by atoms with Crippen LogP contribution in [0.15, 0.2) is 83.8 Å². The van der Waals surface area contributed by atoms with Gasteiger partial charge in [0.25, 0.3) is 15.9 Å². The van der Waals surface area contributed by atoms with Crippen molar-refractivity contribution in [3.05, 3.63) is 90.0 Å². The van der Waals surface area contributed by atoms with Gasteiger partial charge in [-0.05, 0) is 51.3 Å². The van der Waals surface area contributed by atoms with E-state index in [0.717, 1.165) is 15.4 Å². The lowest BCUT2D eigenvalue weighted by molar-refractivity contribution is -0.140. The SMILES string of the molecule is C=C[C@@]1(CCC=C(C)C)C[C@](O)(c2ccccc2)C(=O)N1S(=O)(=O)c1ccc(C)cc1. The van der Waals surface area contributed by atoms with Crippen LogP contribution in [-0.2, 0) is 20.4 Å². The summed E-state index contributed by atoms with van der Waals surface area (Å²) in [5.41, 5.74) is -0.842. The first-order valence-corrected chi connectivity index (χ1v) is 11.7. The molecule has 1 amide bonds. The predicted molar refractivity (Wildman–Crippen MR) is 122 cm³/mol. The third-order valence-corrected chi connectivity index (χ3v) is 7.70. The average Bonchev–Trinajstić information content (AvgIpc) is 2.97. The summed E-state index contributed by atoms with van der Waals surface area (Å²) in [4.78, 5) is 13.6. The highest BCUT2D eigenvalue weighted by Crippen LogP contribution is 2.48. The molecule has 1 heterocycles. The number of hydrogen-bond acceptors (Lipinski definition) is 4. The molecule has 0 unspecified atom stereocenters. The van der Waals surface area contributed by atoms with E-state index < -0.39 is 27.1 Å². The highest BCUT2D eigenvalue weighted by atomic mass is 32.2. The van der Waals surface area contributed by atoms with E-state index in [-0.39, 0.29) is 11.3 Å². The fourth-order valence-corrected chi connectivity index (χ4v) is 5.89. The number of aliphatic hydroxyl groups is 1. The van der Waals surface area contributed by atoms with Crippen molar-refractivity contribution in [3.8, 4) is 0 Å². The Morgan fingerprint density at radius 2 is 1.74 bits per heavy atom. The molecule has 1 aliphatic rings. The standard InChI is InChI=1S/C25H29NO4S/c1-5-24(17-9-10-19(2)3)18-25(28,21-11-7-6-8-12-21)23(27)26(24)31(29,30)22-15-13-20(4)14-16-22/h5-8,10-16,28H,1,9,17-18H2,2-4H3/t24-,25+/m1/s1. The Morgan fingerprint density at radius 3 is 2.29 bits per heavy atom. The molecule has 0 aromatic heterocycles. The van der Waals surface area contributed by atoms with Gasteiger partial charge in [0.2, 0.25) is 0 Å². The maximum atomic E-state index is 13.7. The summed E-state index contributed by atoms with van der Waals surface area (Å²) < 4.78 is 28.2. The zero-order valence-electron chi connectivity index (χ0n) is 18.2. The molecule has 2 aromatic carbocycles. The number of sulfonamides is 1. The van der Waals surface area contributed by atoms with Gasteiger partial charge in [-0.1, -0.05) is 65.8 Å². The number of carbonyl (C=O) groups excluding carboxylic acids is 1. The van der Waals surface area contributed by atoms with Crippen LogP contribution in [0, 0.1) is 6.92 Å². The number of amides is 1. The van der Waals surface area contributed by atoms with Crippen molar-refractivity contribution in [1.82, 2.24) is 4.31 Å². The minimum Gasteiger partial charge on any atom is -0.375 e. The second-order valence-corrected chi connectivity index (χ2v) is 10.2. The van der Waals surface area contributed by atoms with Crippen LogP contribution >= 0.6 is 0 Å². The molecule has 0 aliphatic carbocycles. The van der Waals surface area contributed by atoms with Gasteiger partial charge in [-0.25, -0.2) is 12.7 Å². The molecule has 6 heteroatoms. The topological polar surface area (TPSA) is 74.7 Å². The van der Waals surface area contributed by atoms with Crippen LogP contribution < -0.4 is 0 Å². The first-order chi connectivity index (χ1) is 14.6. The van der Waals surface area contributed by atoms with Gasteiger partial charge in [-0.2, -0.15) is 0 Å². The Balaban J connectivity index is 2.18. The lowest BCUT2D eigenvalue weighted by Crippen LogP contribution is -2.48. The minimum absolute atomic E-state index is 0.0113. The van der Waals surface area contributed by atoms with Gasteiger partial charge < -0.3 is 5.11 Å². The third kappa shape index (κ3) is 4.10. The zero-order valence-corrected chi connectivity index (χ0v) is 19.0. The van der Waals surface area contributed by atoms with Crippen molar-refractivity contribution < 1.29 is 18.3 Å². The van der Waals surface area contributed by atoms with E-state index in [1.807, 2.05) is 26.8 Å². The summed E-state index contributed by atoms with van der Waals surface area (Å²) >= 11 is 0. The van der Waals surface area contributed by atoms with Crippen LogP contribution in [0.5, 0.6) is 0 Å². The molecule has 0 bridgehead atoms. The zero-order chi connectivity index (χ0) is 22.9. The second kappa shape index (κ2) is 8.44. The number of allylic oxidation sites excluding steroid dienone is 2. The lowest BCUT2D eigenvalue weighted by atomic mass is 9.82. The van der Waals surface area contributed by atoms with Crippen LogP contribution in [0.25, 0.3) is 0 Å². The maximum Gasteiger partial charge on any atom is 0.273 e. The van der Waals surface area contributed by atoms with Gasteiger partial charge in [0.1, 0.15) is 0 Å². The monoisotopic (exact) mass is 439 g/mol. The molecule has 31 heavy (non-hydrogen) atoms. The highest BCUT2D eigenvalue weighted by molar-refractivity contribution is 7.89. The van der Waals surface area contributed by atoms with E-state index in [4.69, 9.17) is 0 Å². The van der Waals surface area contributed by atoms with Gasteiger partial charge in [-0.3, -0.25) is 4.79 Å². The Hall–Kier alpha value is -2.70. The summed E-state index contributed by atoms with van der Waals surface area (Å²) in [5, 5.41) is 11.5. The van der Waals surface area contributed by atoms with Crippen molar-refractivity contribution in [2.24, 2.45) is 0 Å². The predicted octanol–water partition coefficient (Wildman–Crippen LogP) is 4.48. The molecular formula is C25H29NO4S. The number of nitrogens with zero attached hydrogens (tertiary/aromatic N) is 1. The van der Waals surface area contributed by atoms with Crippen molar-refractivity contribution in [2.75, 3.05) is 0 Å². The molecule has 164 valence electrons. The summed E-state index contributed by atoms with van der Waals surface area (Å²) in [7, 11) is -4.22. The van der Waals surface area contributed by atoms with Gasteiger partial charge in [0.05, 0.1) is 10.4 Å². The van der Waals surface area contributed by atoms with E-state index in [1.165, 1.54) is 18.2 Å². The van der Waals surface area contributed by atoms with Crippen molar-refractivity contribution >= 4 is 15.9 Å². The van der Waals surface area contributed by atoms with Crippen LogP contribution in [0.2, 0.25) is 0 Å². The first kappa shape index (κ1) is 23.0. The molecule has 0 spiro atoms. The molecule has 1 fully saturated rings. The van der Waals surface area contributed by atoms with Crippen LogP contribution in [0.4, 0.5) is 0 Å². The van der Waals surface area contributed by atoms with Crippen molar-refractivity contribution in [3.63, 3.8) is 0 Å². The molecular weight excluding hydrogens is 410 g/mol. The second-order valence-electron chi connectivity index (χ2n) is 8.42. The Bertz CT molecular complexity index is 1100. The summed E-state index contributed by atoms with van der Waals surface area (Å²) in [6.45, 7) is 9.67. The number of hydrogen-bond donors (Lipinski definition) is 1. The molecule has 5 nitrogen and oxygen atoms in total. The largest absolute Gasteiger partial charge is 0.375 e. The molecule has 2 aromatic rings. The maximum absolute atomic E-state index is 13.7. The van der Waals surface area contributed by atoms with Crippen molar-refractivity contribution in [2.45, 2.75) is 56.1 Å². The molecule has 1 N–H and O–H groups in total. The number of benzene rings is 2. The van der Waals surface area contributed by atoms with E-state index in [0.29, 0.717) is 18.4 Å². The molecule has 1 aliphatic heterocycles. The average molecular weight is 440 g/mol.